The molecule has 2 fully saturated rings. The number of amides is 1. The molecule has 0 N–H and O–H groups in total. The van der Waals surface area contributed by atoms with Gasteiger partial charge in [0.05, 0.1) is 28.1 Å². The van der Waals surface area contributed by atoms with Crippen LogP contribution in [-0.4, -0.2) is 58.8 Å². The van der Waals surface area contributed by atoms with Crippen molar-refractivity contribution in [2.24, 2.45) is 4.99 Å². The first kappa shape index (κ1) is 18.7. The summed E-state index contributed by atoms with van der Waals surface area (Å²) in [6.45, 7) is 5.75. The minimum absolute atomic E-state index is 0.118. The highest BCUT2D eigenvalue weighted by Gasteiger charge is 2.32. The summed E-state index contributed by atoms with van der Waals surface area (Å²) >= 11 is 1.43. The molecule has 1 amide bonds. The fourth-order valence-electron chi connectivity index (χ4n) is 3.96. The van der Waals surface area contributed by atoms with Crippen molar-refractivity contribution in [3.63, 3.8) is 0 Å². The Hall–Kier alpha value is -1.61. The summed E-state index contributed by atoms with van der Waals surface area (Å²) in [5.41, 5.74) is 2.61. The zero-order chi connectivity index (χ0) is 19.2. The zero-order valence-corrected chi connectivity index (χ0v) is 17.3. The first-order valence-corrected chi connectivity index (χ1v) is 12.0. The first-order valence-electron chi connectivity index (χ1n) is 9.38. The van der Waals surface area contributed by atoms with Gasteiger partial charge >= 0.3 is 0 Å². The molecule has 1 aromatic heterocycles. The topological polar surface area (TPSA) is 84.6 Å². The molecule has 1 atom stereocenters. The van der Waals surface area contributed by atoms with Gasteiger partial charge < -0.3 is 4.90 Å². The van der Waals surface area contributed by atoms with Crippen molar-refractivity contribution in [1.82, 2.24) is 14.7 Å². The Kier molecular flexibility index (Phi) is 4.92. The van der Waals surface area contributed by atoms with Gasteiger partial charge in [-0.1, -0.05) is 0 Å². The number of hydrogen-bond acceptors (Lipinski definition) is 6. The molecular formula is C18H24N4O3S2. The van der Waals surface area contributed by atoms with Crippen LogP contribution < -0.4 is 0 Å². The van der Waals surface area contributed by atoms with E-state index in [2.05, 4.69) is 15.0 Å². The van der Waals surface area contributed by atoms with Crippen molar-refractivity contribution in [2.75, 3.05) is 24.6 Å². The number of aliphatic imine (C=N–C) groups is 1. The van der Waals surface area contributed by atoms with E-state index in [0.717, 1.165) is 48.1 Å². The molecule has 0 aliphatic carbocycles. The summed E-state index contributed by atoms with van der Waals surface area (Å²) in [5.74, 6) is 0.157. The molecular weight excluding hydrogens is 384 g/mol. The normalized spacial score (nSPS) is 26.8. The molecule has 4 rings (SSSR count). The number of sulfone groups is 1. The summed E-state index contributed by atoms with van der Waals surface area (Å²) in [4.78, 5) is 19.4. The van der Waals surface area contributed by atoms with Gasteiger partial charge in [0.1, 0.15) is 0 Å². The maximum atomic E-state index is 12.4. The van der Waals surface area contributed by atoms with Crippen molar-refractivity contribution >= 4 is 38.7 Å². The Morgan fingerprint density at radius 2 is 1.93 bits per heavy atom. The highest BCUT2D eigenvalue weighted by molar-refractivity contribution is 8.18. The maximum absolute atomic E-state index is 12.4. The number of aromatic nitrogens is 2. The number of nitrogens with zero attached hydrogens (tertiary/aromatic N) is 4. The number of hydrogen-bond donors (Lipinski definition) is 0. The van der Waals surface area contributed by atoms with Crippen LogP contribution in [0.15, 0.2) is 9.90 Å². The van der Waals surface area contributed by atoms with Crippen LogP contribution in [0.5, 0.6) is 0 Å². The second kappa shape index (κ2) is 7.09. The third-order valence-electron chi connectivity index (χ3n) is 5.45. The Balaban J connectivity index is 1.57. The molecule has 0 spiro atoms. The van der Waals surface area contributed by atoms with Gasteiger partial charge in [0.25, 0.3) is 5.91 Å². The molecule has 4 heterocycles. The van der Waals surface area contributed by atoms with Crippen LogP contribution in [0.3, 0.4) is 0 Å². The highest BCUT2D eigenvalue weighted by atomic mass is 32.2. The van der Waals surface area contributed by atoms with Crippen LogP contribution in [0.4, 0.5) is 0 Å². The average Bonchev–Trinajstić information content (AvgIpc) is 3.27. The number of aryl methyl sites for hydroxylation is 1. The van der Waals surface area contributed by atoms with Gasteiger partial charge in [0.15, 0.2) is 15.0 Å². The fraction of sp³-hybridized carbons (Fsp3) is 0.611. The lowest BCUT2D eigenvalue weighted by Crippen LogP contribution is -2.33. The van der Waals surface area contributed by atoms with Crippen LogP contribution in [-0.2, 0) is 14.6 Å². The second-order valence-electron chi connectivity index (χ2n) is 7.44. The second-order valence-corrected chi connectivity index (χ2v) is 10.7. The number of carbonyl (C=O) groups excluding carboxylic acids is 1. The number of carbonyl (C=O) groups is 1. The van der Waals surface area contributed by atoms with E-state index in [1.807, 2.05) is 24.6 Å². The molecule has 0 unspecified atom stereocenters. The van der Waals surface area contributed by atoms with E-state index in [1.165, 1.54) is 18.2 Å². The molecule has 7 nitrogen and oxygen atoms in total. The van der Waals surface area contributed by atoms with Gasteiger partial charge in [0, 0.05) is 24.3 Å². The minimum atomic E-state index is -2.97. The van der Waals surface area contributed by atoms with Crippen LogP contribution >= 0.6 is 11.8 Å². The van der Waals surface area contributed by atoms with Crippen molar-refractivity contribution in [1.29, 1.82) is 0 Å². The SMILES string of the molecule is Cc1nn([C@@H]2CCS(=O)(=O)C2)c(C)c1/C=C1\SC(N2CCCCC2)=NC1=O. The lowest BCUT2D eigenvalue weighted by molar-refractivity contribution is -0.113. The van der Waals surface area contributed by atoms with Gasteiger partial charge in [-0.3, -0.25) is 9.48 Å². The lowest BCUT2D eigenvalue weighted by Gasteiger charge is -2.27. The van der Waals surface area contributed by atoms with E-state index in [1.54, 1.807) is 0 Å². The van der Waals surface area contributed by atoms with E-state index in [9.17, 15) is 13.2 Å². The zero-order valence-electron chi connectivity index (χ0n) is 15.6. The Morgan fingerprint density at radius 3 is 2.59 bits per heavy atom. The molecule has 3 aliphatic heterocycles. The van der Waals surface area contributed by atoms with Gasteiger partial charge in [-0.25, -0.2) is 8.42 Å². The highest BCUT2D eigenvalue weighted by Crippen LogP contribution is 2.33. The number of rotatable bonds is 2. The van der Waals surface area contributed by atoms with Gasteiger partial charge in [-0.05, 0) is 57.4 Å². The van der Waals surface area contributed by atoms with Crippen molar-refractivity contribution < 1.29 is 13.2 Å². The maximum Gasteiger partial charge on any atom is 0.286 e. The Bertz CT molecular complexity index is 940. The predicted octanol–water partition coefficient (Wildman–Crippen LogP) is 2.32. The summed E-state index contributed by atoms with van der Waals surface area (Å²) in [5, 5.41) is 5.37. The van der Waals surface area contributed by atoms with Crippen LogP contribution in [0, 0.1) is 13.8 Å². The van der Waals surface area contributed by atoms with Gasteiger partial charge in [-0.15, -0.1) is 0 Å². The predicted molar refractivity (Wildman–Crippen MR) is 107 cm³/mol. The summed E-state index contributed by atoms with van der Waals surface area (Å²) in [6, 6.07) is -0.118. The molecule has 1 aromatic rings. The third-order valence-corrected chi connectivity index (χ3v) is 8.24. The summed E-state index contributed by atoms with van der Waals surface area (Å²) in [6.07, 6.45) is 5.98. The standard InChI is InChI=1S/C18H24N4O3S2/c1-12-15(13(2)22(20-12)14-6-9-27(24,25)11-14)10-16-17(23)19-18(26-16)21-7-4-3-5-8-21/h10,14H,3-9,11H2,1-2H3/b16-10-/t14-/m1/s1. The Labute approximate surface area is 163 Å². The van der Waals surface area contributed by atoms with E-state index in [0.29, 0.717) is 11.3 Å². The van der Waals surface area contributed by atoms with Crippen molar-refractivity contribution in [3.05, 3.63) is 21.9 Å². The number of piperidine rings is 1. The van der Waals surface area contributed by atoms with Gasteiger partial charge in [-0.2, -0.15) is 10.1 Å². The fourth-order valence-corrected chi connectivity index (χ4v) is 6.60. The molecule has 2 saturated heterocycles. The van der Waals surface area contributed by atoms with E-state index >= 15 is 0 Å². The largest absolute Gasteiger partial charge is 0.351 e. The van der Waals surface area contributed by atoms with Crippen molar-refractivity contribution in [3.8, 4) is 0 Å². The third kappa shape index (κ3) is 3.71. The molecule has 3 aliphatic rings. The first-order chi connectivity index (χ1) is 12.8. The van der Waals surface area contributed by atoms with Gasteiger partial charge in [0.2, 0.25) is 0 Å². The number of amidine groups is 1. The average molecular weight is 409 g/mol. The molecule has 27 heavy (non-hydrogen) atoms. The van der Waals surface area contributed by atoms with Crippen LogP contribution in [0.25, 0.3) is 6.08 Å². The molecule has 0 bridgehead atoms. The summed E-state index contributed by atoms with van der Waals surface area (Å²) in [7, 11) is -2.97. The Morgan fingerprint density at radius 1 is 1.19 bits per heavy atom. The minimum Gasteiger partial charge on any atom is -0.351 e. The lowest BCUT2D eigenvalue weighted by atomic mass is 10.1. The molecule has 0 saturated carbocycles. The quantitative estimate of drug-likeness (QED) is 0.698. The van der Waals surface area contributed by atoms with E-state index in [-0.39, 0.29) is 23.5 Å². The van der Waals surface area contributed by atoms with Crippen molar-refractivity contribution in [2.45, 2.75) is 45.6 Å². The smallest absolute Gasteiger partial charge is 0.286 e. The van der Waals surface area contributed by atoms with Crippen LogP contribution in [0.2, 0.25) is 0 Å². The number of likely N-dealkylation sites (tertiary alicyclic amines) is 1. The van der Waals surface area contributed by atoms with E-state index < -0.39 is 9.84 Å². The number of thioether (sulfide) groups is 1. The molecule has 9 heteroatoms. The molecule has 146 valence electrons. The van der Waals surface area contributed by atoms with Crippen LogP contribution in [0.1, 0.15) is 48.7 Å². The monoisotopic (exact) mass is 408 g/mol. The van der Waals surface area contributed by atoms with E-state index in [4.69, 9.17) is 0 Å². The molecule has 0 aromatic carbocycles. The molecule has 0 radical (unpaired) electrons. The summed E-state index contributed by atoms with van der Waals surface area (Å²) < 4.78 is 25.4.